The van der Waals surface area contributed by atoms with Crippen molar-refractivity contribution in [3.63, 3.8) is 0 Å². The number of nitriles is 1. The quantitative estimate of drug-likeness (QED) is 0.660. The topological polar surface area (TPSA) is 72.8 Å². The molecule has 0 aromatic carbocycles. The van der Waals surface area contributed by atoms with Crippen LogP contribution in [0.15, 0.2) is 6.07 Å². The first-order valence-corrected chi connectivity index (χ1v) is 4.39. The summed E-state index contributed by atoms with van der Waals surface area (Å²) >= 11 is 0. The van der Waals surface area contributed by atoms with E-state index in [0.717, 1.165) is 10.3 Å². The fourth-order valence-electron chi connectivity index (χ4n) is 1.35. The molecule has 14 heavy (non-hydrogen) atoms. The summed E-state index contributed by atoms with van der Waals surface area (Å²) in [6.07, 6.45) is 0. The molecule has 1 rings (SSSR count). The summed E-state index contributed by atoms with van der Waals surface area (Å²) in [4.78, 5) is 0. The molecule has 1 aromatic heterocycles. The van der Waals surface area contributed by atoms with Gasteiger partial charge in [0.2, 0.25) is 0 Å². The zero-order valence-electron chi connectivity index (χ0n) is 8.50. The lowest BCUT2D eigenvalue weighted by molar-refractivity contribution is 0.163. The Bertz CT molecular complexity index is 452. The van der Waals surface area contributed by atoms with Crippen LogP contribution in [0.25, 0.3) is 0 Å². The number of hydrogen-bond acceptors (Lipinski definition) is 3. The highest BCUT2D eigenvalue weighted by Crippen LogP contribution is 2.16. The molecule has 4 heteroatoms. The normalized spacial score (nSPS) is 10.2. The number of nitrogens with zero attached hydrogens (tertiary/aromatic N) is 2. The average molecular weight is 191 g/mol. The monoisotopic (exact) mass is 191 g/mol. The van der Waals surface area contributed by atoms with Crippen LogP contribution in [0.1, 0.15) is 36.6 Å². The van der Waals surface area contributed by atoms with Gasteiger partial charge in [0, 0.05) is 0 Å². The maximum absolute atomic E-state index is 9.40. The SMILES string of the molecule is Cc1cc(C(C)C)c(C#N)c(=N)n1O. The molecule has 0 aliphatic rings. The summed E-state index contributed by atoms with van der Waals surface area (Å²) in [5.41, 5.74) is 1.47. The highest BCUT2D eigenvalue weighted by atomic mass is 16.5. The highest BCUT2D eigenvalue weighted by molar-refractivity contribution is 5.38. The summed E-state index contributed by atoms with van der Waals surface area (Å²) in [5.74, 6) is 0.175. The Morgan fingerprint density at radius 2 is 2.14 bits per heavy atom. The Morgan fingerprint density at radius 1 is 1.57 bits per heavy atom. The molecule has 0 aliphatic heterocycles. The molecule has 4 nitrogen and oxygen atoms in total. The van der Waals surface area contributed by atoms with Crippen molar-refractivity contribution in [2.24, 2.45) is 0 Å². The zero-order chi connectivity index (χ0) is 10.9. The molecule has 0 spiro atoms. The second-order valence-electron chi connectivity index (χ2n) is 3.54. The third-order valence-corrected chi connectivity index (χ3v) is 2.17. The third kappa shape index (κ3) is 1.49. The molecular formula is C10H13N3O. The molecule has 0 saturated heterocycles. The van der Waals surface area contributed by atoms with E-state index in [1.54, 1.807) is 13.0 Å². The fourth-order valence-corrected chi connectivity index (χ4v) is 1.35. The van der Waals surface area contributed by atoms with Gasteiger partial charge in [-0.05, 0) is 24.5 Å². The van der Waals surface area contributed by atoms with E-state index in [9.17, 15) is 5.21 Å². The first-order chi connectivity index (χ1) is 6.49. The summed E-state index contributed by atoms with van der Waals surface area (Å²) in [5, 5.41) is 25.8. The van der Waals surface area contributed by atoms with Gasteiger partial charge in [0.25, 0.3) is 0 Å². The van der Waals surface area contributed by atoms with Gasteiger partial charge < -0.3 is 5.21 Å². The van der Waals surface area contributed by atoms with Crippen molar-refractivity contribution in [2.45, 2.75) is 26.7 Å². The van der Waals surface area contributed by atoms with E-state index in [2.05, 4.69) is 0 Å². The van der Waals surface area contributed by atoms with Crippen molar-refractivity contribution in [3.8, 4) is 6.07 Å². The van der Waals surface area contributed by atoms with Gasteiger partial charge in [-0.1, -0.05) is 13.8 Å². The van der Waals surface area contributed by atoms with Gasteiger partial charge in [0.05, 0.1) is 5.69 Å². The Morgan fingerprint density at radius 3 is 2.57 bits per heavy atom. The minimum Gasteiger partial charge on any atom is -0.427 e. The van der Waals surface area contributed by atoms with Crippen molar-refractivity contribution >= 4 is 0 Å². The van der Waals surface area contributed by atoms with E-state index in [4.69, 9.17) is 10.7 Å². The molecule has 0 unspecified atom stereocenters. The molecule has 0 radical (unpaired) electrons. The molecular weight excluding hydrogens is 178 g/mol. The lowest BCUT2D eigenvalue weighted by Crippen LogP contribution is -2.24. The fraction of sp³-hybridized carbons (Fsp3) is 0.400. The van der Waals surface area contributed by atoms with Crippen LogP contribution in [-0.2, 0) is 0 Å². The number of hydrogen-bond donors (Lipinski definition) is 2. The van der Waals surface area contributed by atoms with Crippen LogP contribution < -0.4 is 5.49 Å². The molecule has 2 N–H and O–H groups in total. The van der Waals surface area contributed by atoms with E-state index < -0.39 is 0 Å². The number of nitrogens with one attached hydrogen (secondary N) is 1. The summed E-state index contributed by atoms with van der Waals surface area (Å²) in [7, 11) is 0. The van der Waals surface area contributed by atoms with E-state index in [-0.39, 0.29) is 17.0 Å². The maximum atomic E-state index is 9.40. The summed E-state index contributed by atoms with van der Waals surface area (Å²) in [6.45, 7) is 5.61. The van der Waals surface area contributed by atoms with Crippen LogP contribution in [0.4, 0.5) is 0 Å². The van der Waals surface area contributed by atoms with Crippen LogP contribution in [0.5, 0.6) is 0 Å². The lowest BCUT2D eigenvalue weighted by Gasteiger charge is -2.11. The van der Waals surface area contributed by atoms with Crippen LogP contribution in [-0.4, -0.2) is 9.94 Å². The number of aromatic nitrogens is 1. The number of aryl methyl sites for hydroxylation is 1. The Balaban J connectivity index is 3.63. The molecule has 0 aliphatic carbocycles. The minimum absolute atomic E-state index is 0.142. The number of rotatable bonds is 1. The third-order valence-electron chi connectivity index (χ3n) is 2.17. The van der Waals surface area contributed by atoms with Gasteiger partial charge in [-0.2, -0.15) is 9.99 Å². The second-order valence-corrected chi connectivity index (χ2v) is 3.54. The van der Waals surface area contributed by atoms with Crippen molar-refractivity contribution in [1.29, 1.82) is 10.7 Å². The Hall–Kier alpha value is -1.76. The molecule has 0 atom stereocenters. The van der Waals surface area contributed by atoms with E-state index in [0.29, 0.717) is 5.69 Å². The van der Waals surface area contributed by atoms with E-state index >= 15 is 0 Å². The summed E-state index contributed by atoms with van der Waals surface area (Å²) in [6, 6.07) is 3.68. The van der Waals surface area contributed by atoms with Crippen LogP contribution in [0, 0.1) is 23.7 Å². The van der Waals surface area contributed by atoms with E-state index in [1.807, 2.05) is 19.9 Å². The van der Waals surface area contributed by atoms with Crippen molar-refractivity contribution in [1.82, 2.24) is 4.73 Å². The van der Waals surface area contributed by atoms with Gasteiger partial charge in [-0.3, -0.25) is 5.41 Å². The van der Waals surface area contributed by atoms with Crippen molar-refractivity contribution in [3.05, 3.63) is 28.4 Å². The number of pyridine rings is 1. The summed E-state index contributed by atoms with van der Waals surface area (Å²) < 4.78 is 0.727. The largest absolute Gasteiger partial charge is 0.427 e. The molecule has 1 aromatic rings. The van der Waals surface area contributed by atoms with Gasteiger partial charge in [0.1, 0.15) is 11.6 Å². The van der Waals surface area contributed by atoms with Crippen molar-refractivity contribution in [2.75, 3.05) is 0 Å². The van der Waals surface area contributed by atoms with E-state index in [1.165, 1.54) is 0 Å². The van der Waals surface area contributed by atoms with Crippen LogP contribution in [0.2, 0.25) is 0 Å². The van der Waals surface area contributed by atoms with Gasteiger partial charge in [-0.25, -0.2) is 0 Å². The first-order valence-electron chi connectivity index (χ1n) is 4.39. The van der Waals surface area contributed by atoms with Crippen LogP contribution in [0.3, 0.4) is 0 Å². The predicted octanol–water partition coefficient (Wildman–Crippen LogP) is 1.51. The average Bonchev–Trinajstić information content (AvgIpc) is 2.13. The van der Waals surface area contributed by atoms with Gasteiger partial charge in [-0.15, -0.1) is 0 Å². The van der Waals surface area contributed by atoms with Gasteiger partial charge >= 0.3 is 0 Å². The zero-order valence-corrected chi connectivity index (χ0v) is 8.50. The maximum Gasteiger partial charge on any atom is 0.179 e. The van der Waals surface area contributed by atoms with Crippen molar-refractivity contribution < 1.29 is 5.21 Å². The molecule has 0 amide bonds. The molecule has 0 fully saturated rings. The molecule has 74 valence electrons. The van der Waals surface area contributed by atoms with Gasteiger partial charge in [0.15, 0.2) is 5.49 Å². The first kappa shape index (κ1) is 10.3. The van der Waals surface area contributed by atoms with Crippen LogP contribution >= 0.6 is 0 Å². The Kier molecular flexibility index (Phi) is 2.61. The highest BCUT2D eigenvalue weighted by Gasteiger charge is 2.11. The second kappa shape index (κ2) is 3.54. The lowest BCUT2D eigenvalue weighted by atomic mass is 9.98. The standard InChI is InChI=1S/C10H13N3O/c1-6(2)8-4-7(3)13(14)10(12)9(8)5-11/h4,6,12,14H,1-3H3. The minimum atomic E-state index is -0.142. The molecule has 0 bridgehead atoms. The smallest absolute Gasteiger partial charge is 0.179 e. The predicted molar refractivity (Wildman–Crippen MR) is 51.0 cm³/mol. The Labute approximate surface area is 82.5 Å². The molecule has 0 saturated carbocycles. The molecule has 1 heterocycles.